The molecule has 2 amide bonds. The number of amides is 2. The molecule has 0 saturated heterocycles. The van der Waals surface area contributed by atoms with Gasteiger partial charge in [-0.25, -0.2) is 0 Å². The summed E-state index contributed by atoms with van der Waals surface area (Å²) in [5.41, 5.74) is 7.10. The summed E-state index contributed by atoms with van der Waals surface area (Å²) in [6.07, 6.45) is 2.09. The van der Waals surface area contributed by atoms with Crippen LogP contribution in [-0.4, -0.2) is 32.3 Å². The smallest absolute Gasteiger partial charge is 0.237 e. The molecule has 132 valence electrons. The number of nitrogens with one attached hydrogen (secondary N) is 1. The van der Waals surface area contributed by atoms with Crippen molar-refractivity contribution in [1.29, 1.82) is 0 Å². The van der Waals surface area contributed by atoms with Gasteiger partial charge in [0.1, 0.15) is 12.4 Å². The van der Waals surface area contributed by atoms with E-state index < -0.39 is 5.91 Å². The van der Waals surface area contributed by atoms with Crippen LogP contribution in [-0.2, 0) is 16.1 Å². The Morgan fingerprint density at radius 1 is 1.40 bits per heavy atom. The van der Waals surface area contributed by atoms with Gasteiger partial charge in [-0.1, -0.05) is 27.7 Å². The highest BCUT2D eigenvalue weighted by atomic mass is 79.9. The molecular weight excluding hydrogens is 406 g/mol. The van der Waals surface area contributed by atoms with Crippen molar-refractivity contribution in [3.05, 3.63) is 34.1 Å². The summed E-state index contributed by atoms with van der Waals surface area (Å²) in [7, 11) is 0. The number of hydrogen-bond donors (Lipinski definition) is 2. The molecule has 1 aromatic carbocycles. The van der Waals surface area contributed by atoms with Crippen molar-refractivity contribution in [2.45, 2.75) is 37.4 Å². The summed E-state index contributed by atoms with van der Waals surface area (Å²) >= 11 is 4.68. The number of aryl methyl sites for hydroxylation is 1. The number of nitrogens with zero attached hydrogens (tertiary/aromatic N) is 3. The van der Waals surface area contributed by atoms with Crippen LogP contribution in [0.4, 0.5) is 5.69 Å². The summed E-state index contributed by atoms with van der Waals surface area (Å²) in [6.45, 7) is 1.99. The van der Waals surface area contributed by atoms with Crippen molar-refractivity contribution >= 4 is 45.2 Å². The minimum Gasteiger partial charge on any atom is -0.368 e. The maximum atomic E-state index is 12.2. The van der Waals surface area contributed by atoms with E-state index in [4.69, 9.17) is 5.73 Å². The Hall–Kier alpha value is -1.87. The Balaban J connectivity index is 1.63. The first kappa shape index (κ1) is 17.9. The van der Waals surface area contributed by atoms with Gasteiger partial charge in [-0.05, 0) is 43.5 Å². The molecule has 0 aliphatic heterocycles. The predicted octanol–water partition coefficient (Wildman–Crippen LogP) is 2.44. The van der Waals surface area contributed by atoms with E-state index in [1.165, 1.54) is 11.8 Å². The lowest BCUT2D eigenvalue weighted by Crippen LogP contribution is -2.21. The third-order valence-corrected chi connectivity index (χ3v) is 5.63. The van der Waals surface area contributed by atoms with Crippen molar-refractivity contribution < 1.29 is 9.59 Å². The average Bonchev–Trinajstić information content (AvgIpc) is 3.31. The summed E-state index contributed by atoms with van der Waals surface area (Å²) in [5, 5.41) is 11.7. The molecule has 9 heteroatoms. The fourth-order valence-electron chi connectivity index (χ4n) is 2.40. The molecule has 1 fully saturated rings. The van der Waals surface area contributed by atoms with Gasteiger partial charge in [0.2, 0.25) is 11.8 Å². The molecule has 3 N–H and O–H groups in total. The summed E-state index contributed by atoms with van der Waals surface area (Å²) in [6, 6.07) is 5.62. The number of carbonyl (C=O) groups excluding carboxylic acids is 2. The Morgan fingerprint density at radius 3 is 2.80 bits per heavy atom. The van der Waals surface area contributed by atoms with Crippen LogP contribution in [0.2, 0.25) is 0 Å². The topological polar surface area (TPSA) is 103 Å². The van der Waals surface area contributed by atoms with Crippen molar-refractivity contribution in [2.75, 3.05) is 11.1 Å². The van der Waals surface area contributed by atoms with Gasteiger partial charge in [0.15, 0.2) is 5.16 Å². The molecular formula is C16H18BrN5O2S. The van der Waals surface area contributed by atoms with Gasteiger partial charge in [0.25, 0.3) is 0 Å². The van der Waals surface area contributed by atoms with Gasteiger partial charge in [-0.2, -0.15) is 0 Å². The average molecular weight is 424 g/mol. The van der Waals surface area contributed by atoms with Crippen LogP contribution >= 0.6 is 27.7 Å². The second kappa shape index (κ2) is 7.57. The second-order valence-corrected chi connectivity index (χ2v) is 7.77. The minimum absolute atomic E-state index is 0.0364. The molecule has 1 aliphatic rings. The van der Waals surface area contributed by atoms with Crippen LogP contribution < -0.4 is 11.1 Å². The molecule has 0 unspecified atom stereocenters. The molecule has 1 saturated carbocycles. The summed E-state index contributed by atoms with van der Waals surface area (Å²) in [5.74, 6) is 0.717. The number of thioether (sulfide) groups is 1. The van der Waals surface area contributed by atoms with Gasteiger partial charge in [-0.3, -0.25) is 14.2 Å². The Labute approximate surface area is 157 Å². The zero-order valence-electron chi connectivity index (χ0n) is 13.7. The highest BCUT2D eigenvalue weighted by molar-refractivity contribution is 9.10. The molecule has 1 heterocycles. The molecule has 1 aliphatic carbocycles. The van der Waals surface area contributed by atoms with E-state index in [1.807, 2.05) is 25.1 Å². The Kier molecular flexibility index (Phi) is 5.43. The van der Waals surface area contributed by atoms with Crippen LogP contribution in [0.3, 0.4) is 0 Å². The van der Waals surface area contributed by atoms with E-state index in [0.717, 1.165) is 34.4 Å². The van der Waals surface area contributed by atoms with Gasteiger partial charge in [0, 0.05) is 16.1 Å². The quantitative estimate of drug-likeness (QED) is 0.665. The standard InChI is InChI=1S/C16H18BrN5O2S/c1-9-6-11(4-5-12(9)17)19-14(24)8-25-16-21-20-15(10-2-3-10)22(16)7-13(18)23/h4-6,10H,2-3,7-8H2,1H3,(H2,18,23)(H,19,24). The molecule has 25 heavy (non-hydrogen) atoms. The van der Waals surface area contributed by atoms with Crippen LogP contribution in [0.1, 0.15) is 30.1 Å². The fraction of sp³-hybridized carbons (Fsp3) is 0.375. The van der Waals surface area contributed by atoms with Gasteiger partial charge in [0.05, 0.1) is 5.75 Å². The molecule has 2 aromatic rings. The van der Waals surface area contributed by atoms with Crippen LogP contribution in [0.15, 0.2) is 27.8 Å². The third-order valence-electron chi connectivity index (χ3n) is 3.78. The number of hydrogen-bond acceptors (Lipinski definition) is 5. The number of nitrogens with two attached hydrogens (primary N) is 1. The van der Waals surface area contributed by atoms with Crippen LogP contribution in [0.5, 0.6) is 0 Å². The number of anilines is 1. The monoisotopic (exact) mass is 423 g/mol. The minimum atomic E-state index is -0.446. The summed E-state index contributed by atoms with van der Waals surface area (Å²) < 4.78 is 2.72. The van der Waals surface area contributed by atoms with E-state index in [1.54, 1.807) is 4.57 Å². The largest absolute Gasteiger partial charge is 0.368 e. The summed E-state index contributed by atoms with van der Waals surface area (Å²) in [4.78, 5) is 23.5. The fourth-order valence-corrected chi connectivity index (χ4v) is 3.40. The normalized spacial score (nSPS) is 13.7. The van der Waals surface area contributed by atoms with Gasteiger partial charge >= 0.3 is 0 Å². The second-order valence-electron chi connectivity index (χ2n) is 5.97. The van der Waals surface area contributed by atoms with Gasteiger partial charge < -0.3 is 11.1 Å². The third kappa shape index (κ3) is 4.60. The van der Waals surface area contributed by atoms with Crippen molar-refractivity contribution in [3.8, 4) is 0 Å². The predicted molar refractivity (Wildman–Crippen MR) is 99.4 cm³/mol. The van der Waals surface area contributed by atoms with Crippen molar-refractivity contribution in [2.24, 2.45) is 5.73 Å². The highest BCUT2D eigenvalue weighted by Gasteiger charge is 2.31. The lowest BCUT2D eigenvalue weighted by atomic mass is 10.2. The number of benzene rings is 1. The lowest BCUT2D eigenvalue weighted by Gasteiger charge is -2.08. The Morgan fingerprint density at radius 2 is 2.16 bits per heavy atom. The molecule has 3 rings (SSSR count). The lowest BCUT2D eigenvalue weighted by molar-refractivity contribution is -0.118. The SMILES string of the molecule is Cc1cc(NC(=O)CSc2nnc(C3CC3)n2CC(N)=O)ccc1Br. The van der Waals surface area contributed by atoms with Gasteiger partial charge in [-0.15, -0.1) is 10.2 Å². The number of halogens is 1. The molecule has 0 bridgehead atoms. The number of rotatable bonds is 7. The van der Waals surface area contributed by atoms with Crippen molar-refractivity contribution in [3.63, 3.8) is 0 Å². The van der Waals surface area contributed by atoms with E-state index in [9.17, 15) is 9.59 Å². The maximum Gasteiger partial charge on any atom is 0.237 e. The van der Waals surface area contributed by atoms with E-state index >= 15 is 0 Å². The molecule has 1 aromatic heterocycles. The van der Waals surface area contributed by atoms with Crippen LogP contribution in [0, 0.1) is 6.92 Å². The first-order chi connectivity index (χ1) is 11.9. The highest BCUT2D eigenvalue weighted by Crippen LogP contribution is 2.40. The number of primary amides is 1. The number of aromatic nitrogens is 3. The van der Waals surface area contributed by atoms with Crippen molar-refractivity contribution in [1.82, 2.24) is 14.8 Å². The molecule has 0 atom stereocenters. The van der Waals surface area contributed by atoms with Crippen LogP contribution in [0.25, 0.3) is 0 Å². The first-order valence-electron chi connectivity index (χ1n) is 7.84. The number of carbonyl (C=O) groups is 2. The zero-order valence-corrected chi connectivity index (χ0v) is 16.1. The van der Waals surface area contributed by atoms with E-state index in [2.05, 4.69) is 31.4 Å². The van der Waals surface area contributed by atoms with E-state index in [0.29, 0.717) is 11.1 Å². The zero-order chi connectivity index (χ0) is 18.0. The first-order valence-corrected chi connectivity index (χ1v) is 9.62. The molecule has 7 nitrogen and oxygen atoms in total. The molecule has 0 spiro atoms. The maximum absolute atomic E-state index is 12.2. The Bertz CT molecular complexity index is 819. The van der Waals surface area contributed by atoms with E-state index in [-0.39, 0.29) is 18.2 Å². The molecule has 0 radical (unpaired) electrons.